The van der Waals surface area contributed by atoms with E-state index in [-0.39, 0.29) is 6.16 Å². The highest BCUT2D eigenvalue weighted by atomic mass is 31.2. The molecule has 162 valence electrons. The smallest absolute Gasteiger partial charge is 0.324 e. The Morgan fingerprint density at radius 2 is 1.07 bits per heavy atom. The van der Waals surface area contributed by atoms with Gasteiger partial charge in [-0.3, -0.25) is 14.4 Å². The van der Waals surface area contributed by atoms with Crippen molar-refractivity contribution < 1.29 is 14.4 Å². The van der Waals surface area contributed by atoms with Crippen LogP contribution in [0.15, 0.2) is 0 Å². The van der Waals surface area contributed by atoms with Gasteiger partial charge in [-0.15, -0.1) is 0 Å². The van der Waals surface area contributed by atoms with E-state index in [0.717, 1.165) is 26.3 Å². The predicted molar refractivity (Wildman–Crippen MR) is 115 cm³/mol. The highest BCUT2D eigenvalue weighted by Gasteiger charge is 2.22. The van der Waals surface area contributed by atoms with Crippen molar-refractivity contribution in [2.75, 3.05) is 39.0 Å². The maximum Gasteiger partial charge on any atom is 0.326 e. The van der Waals surface area contributed by atoms with E-state index < -0.39 is 7.60 Å². The summed E-state index contributed by atoms with van der Waals surface area (Å²) in [6, 6.07) is 0. The number of hydrogen-bond donors (Lipinski definition) is 2. The molecule has 0 radical (unpaired) electrons. The normalized spacial score (nSPS) is 16.4. The van der Waals surface area contributed by atoms with Gasteiger partial charge in [-0.1, -0.05) is 90.4 Å². The van der Waals surface area contributed by atoms with Crippen LogP contribution in [0.25, 0.3) is 0 Å². The van der Waals surface area contributed by atoms with Crippen molar-refractivity contribution in [1.82, 2.24) is 9.80 Å². The van der Waals surface area contributed by atoms with Crippen LogP contribution in [0.4, 0.5) is 0 Å². The lowest BCUT2D eigenvalue weighted by atomic mass is 10.0. The van der Waals surface area contributed by atoms with Gasteiger partial charge in [0.15, 0.2) is 0 Å². The molecule has 0 atom stereocenters. The molecule has 1 heterocycles. The van der Waals surface area contributed by atoms with Gasteiger partial charge in [0.25, 0.3) is 0 Å². The minimum Gasteiger partial charge on any atom is -0.324 e. The van der Waals surface area contributed by atoms with Crippen molar-refractivity contribution in [3.05, 3.63) is 0 Å². The average Bonchev–Trinajstić information content (AvgIpc) is 3.07. The summed E-state index contributed by atoms with van der Waals surface area (Å²) in [5, 5.41) is 0. The number of unbranched alkanes of at least 4 members (excludes halogenated alkanes) is 13. The first kappa shape index (κ1) is 25.1. The van der Waals surface area contributed by atoms with Gasteiger partial charge in [0.2, 0.25) is 0 Å². The topological polar surface area (TPSA) is 64.0 Å². The maximum absolute atomic E-state index is 10.9. The Kier molecular flexibility index (Phi) is 14.8. The lowest BCUT2D eigenvalue weighted by Gasteiger charge is -2.18. The molecule has 0 aromatic rings. The van der Waals surface area contributed by atoms with Crippen LogP contribution < -0.4 is 0 Å². The van der Waals surface area contributed by atoms with Gasteiger partial charge in [-0.05, 0) is 13.0 Å². The summed E-state index contributed by atoms with van der Waals surface area (Å²) in [7, 11) is -3.85. The second kappa shape index (κ2) is 15.9. The lowest BCUT2D eigenvalue weighted by molar-refractivity contribution is 0.246. The molecule has 6 heteroatoms. The molecule has 5 nitrogen and oxygen atoms in total. The van der Waals surface area contributed by atoms with E-state index in [9.17, 15) is 4.57 Å². The molecular formula is C21H45N2O3P. The second-order valence-corrected chi connectivity index (χ2v) is 10.1. The van der Waals surface area contributed by atoms with E-state index in [0.29, 0.717) is 6.54 Å². The number of nitrogens with zero attached hydrogens (tertiary/aromatic N) is 2. The van der Waals surface area contributed by atoms with E-state index in [1.807, 2.05) is 0 Å². The SMILES string of the molecule is CCCCCCCCCCCCCCCCN1CCN(CCP(=O)(O)O)C1. The Bertz CT molecular complexity index is 390. The summed E-state index contributed by atoms with van der Waals surface area (Å²) in [4.78, 5) is 22.5. The third kappa shape index (κ3) is 15.6. The highest BCUT2D eigenvalue weighted by Crippen LogP contribution is 2.33. The van der Waals surface area contributed by atoms with Gasteiger partial charge in [0, 0.05) is 19.6 Å². The minimum absolute atomic E-state index is 0.0142. The second-order valence-electron chi connectivity index (χ2n) is 8.36. The molecule has 1 saturated heterocycles. The van der Waals surface area contributed by atoms with Crippen molar-refractivity contribution in [3.8, 4) is 0 Å². The summed E-state index contributed by atoms with van der Waals surface area (Å²) in [5.74, 6) is 0. The molecule has 0 amide bonds. The van der Waals surface area contributed by atoms with Crippen molar-refractivity contribution >= 4 is 7.60 Å². The van der Waals surface area contributed by atoms with Gasteiger partial charge >= 0.3 is 7.60 Å². The standard InChI is InChI=1S/C21H45N2O3P/c1-2-3-4-5-6-7-8-9-10-11-12-13-14-15-16-22-17-18-23(21-22)19-20-27(24,25)26/h2-21H2,1H3,(H2,24,25,26). The molecule has 1 rings (SSSR count). The van der Waals surface area contributed by atoms with Crippen LogP contribution >= 0.6 is 7.60 Å². The van der Waals surface area contributed by atoms with Gasteiger partial charge < -0.3 is 9.79 Å². The summed E-state index contributed by atoms with van der Waals surface area (Å²) in [6.07, 6.45) is 19.4. The van der Waals surface area contributed by atoms with Crippen LogP contribution in [0.5, 0.6) is 0 Å². The Morgan fingerprint density at radius 3 is 1.52 bits per heavy atom. The van der Waals surface area contributed by atoms with E-state index in [1.54, 1.807) is 0 Å². The van der Waals surface area contributed by atoms with Crippen molar-refractivity contribution in [2.45, 2.75) is 96.8 Å². The zero-order valence-electron chi connectivity index (χ0n) is 17.8. The fraction of sp³-hybridized carbons (Fsp3) is 1.00. The molecule has 1 aliphatic heterocycles. The summed E-state index contributed by atoms with van der Waals surface area (Å²) < 4.78 is 10.9. The van der Waals surface area contributed by atoms with Crippen LogP contribution in [0.1, 0.15) is 96.8 Å². The van der Waals surface area contributed by atoms with Gasteiger partial charge in [0.1, 0.15) is 0 Å². The Hall–Kier alpha value is 0.0700. The summed E-state index contributed by atoms with van der Waals surface area (Å²) >= 11 is 0. The van der Waals surface area contributed by atoms with Crippen LogP contribution in [-0.2, 0) is 4.57 Å². The Balaban J connectivity index is 1.80. The van der Waals surface area contributed by atoms with E-state index in [2.05, 4.69) is 16.7 Å². The minimum atomic E-state index is -3.85. The fourth-order valence-corrected chi connectivity index (χ4v) is 4.42. The quantitative estimate of drug-likeness (QED) is 0.242. The lowest BCUT2D eigenvalue weighted by Crippen LogP contribution is -2.28. The van der Waals surface area contributed by atoms with Gasteiger partial charge in [-0.25, -0.2) is 0 Å². The maximum atomic E-state index is 10.9. The summed E-state index contributed by atoms with van der Waals surface area (Å²) in [5.41, 5.74) is 0. The van der Waals surface area contributed by atoms with Crippen LogP contribution in [-0.4, -0.2) is 58.6 Å². The molecule has 2 N–H and O–H groups in total. The first-order valence-electron chi connectivity index (χ1n) is 11.5. The molecule has 0 spiro atoms. The molecule has 1 aliphatic rings. The van der Waals surface area contributed by atoms with E-state index >= 15 is 0 Å². The monoisotopic (exact) mass is 404 g/mol. The van der Waals surface area contributed by atoms with Crippen LogP contribution in [0.3, 0.4) is 0 Å². The molecule has 0 aromatic heterocycles. The molecule has 0 aliphatic carbocycles. The van der Waals surface area contributed by atoms with E-state index in [1.165, 1.54) is 89.9 Å². The zero-order chi connectivity index (χ0) is 19.8. The van der Waals surface area contributed by atoms with Crippen molar-refractivity contribution in [3.63, 3.8) is 0 Å². The third-order valence-corrected chi connectivity index (χ3v) is 6.45. The molecule has 0 aromatic carbocycles. The Labute approximate surface area is 168 Å². The first-order valence-corrected chi connectivity index (χ1v) is 13.3. The molecule has 27 heavy (non-hydrogen) atoms. The predicted octanol–water partition coefficient (Wildman–Crippen LogP) is 5.22. The largest absolute Gasteiger partial charge is 0.326 e. The van der Waals surface area contributed by atoms with Crippen molar-refractivity contribution in [1.29, 1.82) is 0 Å². The third-order valence-electron chi connectivity index (χ3n) is 5.67. The fourth-order valence-electron chi connectivity index (χ4n) is 3.87. The highest BCUT2D eigenvalue weighted by molar-refractivity contribution is 7.51. The van der Waals surface area contributed by atoms with Crippen molar-refractivity contribution in [2.24, 2.45) is 0 Å². The Morgan fingerprint density at radius 1 is 0.667 bits per heavy atom. The molecular weight excluding hydrogens is 359 g/mol. The first-order chi connectivity index (χ1) is 13.0. The number of rotatable bonds is 18. The van der Waals surface area contributed by atoms with E-state index in [4.69, 9.17) is 9.79 Å². The average molecular weight is 405 g/mol. The van der Waals surface area contributed by atoms with Gasteiger partial charge in [-0.2, -0.15) is 0 Å². The number of hydrogen-bond acceptors (Lipinski definition) is 3. The molecule has 1 fully saturated rings. The molecule has 0 unspecified atom stereocenters. The molecule has 0 saturated carbocycles. The van der Waals surface area contributed by atoms with Crippen LogP contribution in [0.2, 0.25) is 0 Å². The van der Waals surface area contributed by atoms with Gasteiger partial charge in [0.05, 0.1) is 12.8 Å². The molecule has 0 bridgehead atoms. The zero-order valence-corrected chi connectivity index (χ0v) is 18.7. The summed E-state index contributed by atoms with van der Waals surface area (Å²) in [6.45, 7) is 6.78. The van der Waals surface area contributed by atoms with Crippen LogP contribution in [0, 0.1) is 0 Å².